The molecule has 0 radical (unpaired) electrons. The minimum atomic E-state index is -0.602. The summed E-state index contributed by atoms with van der Waals surface area (Å²) < 4.78 is 12.4. The fourth-order valence-electron chi connectivity index (χ4n) is 3.30. The van der Waals surface area contributed by atoms with Crippen LogP contribution in [-0.2, 0) is 14.3 Å². The molecule has 2 heterocycles. The zero-order valence-electron chi connectivity index (χ0n) is 17.4. The molecule has 3 rings (SSSR count). The molecule has 1 saturated heterocycles. The van der Waals surface area contributed by atoms with Crippen molar-refractivity contribution < 1.29 is 23.9 Å². The second kappa shape index (κ2) is 9.21. The minimum Gasteiger partial charge on any atom is -0.494 e. The highest BCUT2D eigenvalue weighted by atomic mass is 32.2. The molecule has 0 bridgehead atoms. The lowest BCUT2D eigenvalue weighted by atomic mass is 10.2. The molecule has 1 aliphatic heterocycles. The fourth-order valence-corrected chi connectivity index (χ4v) is 4.13. The molecular formula is C22H24N2O5S. The lowest BCUT2D eigenvalue weighted by Crippen LogP contribution is -2.34. The summed E-state index contributed by atoms with van der Waals surface area (Å²) in [6.07, 6.45) is 1.70. The number of imide groups is 1. The molecule has 0 aliphatic carbocycles. The topological polar surface area (TPSA) is 77.8 Å². The van der Waals surface area contributed by atoms with Crippen molar-refractivity contribution in [1.82, 2.24) is 9.47 Å². The molecule has 2 aromatic rings. The molecule has 1 aliphatic rings. The van der Waals surface area contributed by atoms with Crippen molar-refractivity contribution in [2.75, 3.05) is 19.8 Å². The van der Waals surface area contributed by atoms with Gasteiger partial charge in [-0.3, -0.25) is 19.3 Å². The maximum Gasteiger partial charge on any atom is 0.326 e. The van der Waals surface area contributed by atoms with Gasteiger partial charge in [0.1, 0.15) is 12.3 Å². The maximum absolute atomic E-state index is 12.6. The number of aryl methyl sites for hydroxylation is 1. The van der Waals surface area contributed by atoms with Crippen molar-refractivity contribution in [2.45, 2.75) is 27.7 Å². The first kappa shape index (κ1) is 21.7. The second-order valence-corrected chi connectivity index (χ2v) is 7.65. The Labute approximate surface area is 179 Å². The molecule has 0 atom stereocenters. The lowest BCUT2D eigenvalue weighted by Gasteiger charge is -2.11. The molecule has 7 nitrogen and oxygen atoms in total. The van der Waals surface area contributed by atoms with Crippen molar-refractivity contribution in [2.24, 2.45) is 0 Å². The van der Waals surface area contributed by atoms with E-state index < -0.39 is 17.1 Å². The third-order valence-corrected chi connectivity index (χ3v) is 5.54. The summed E-state index contributed by atoms with van der Waals surface area (Å²) in [4.78, 5) is 37.7. The van der Waals surface area contributed by atoms with Gasteiger partial charge < -0.3 is 14.0 Å². The van der Waals surface area contributed by atoms with E-state index in [9.17, 15) is 14.4 Å². The van der Waals surface area contributed by atoms with Crippen LogP contribution in [-0.4, -0.2) is 46.3 Å². The number of nitrogens with zero attached hydrogens (tertiary/aromatic N) is 2. The quantitative estimate of drug-likeness (QED) is 0.488. The molecule has 30 heavy (non-hydrogen) atoms. The van der Waals surface area contributed by atoms with Gasteiger partial charge in [-0.2, -0.15) is 0 Å². The zero-order chi connectivity index (χ0) is 21.8. The largest absolute Gasteiger partial charge is 0.494 e. The van der Waals surface area contributed by atoms with E-state index in [4.69, 9.17) is 9.47 Å². The van der Waals surface area contributed by atoms with Gasteiger partial charge in [-0.05, 0) is 81.4 Å². The normalized spacial score (nSPS) is 15.2. The van der Waals surface area contributed by atoms with Gasteiger partial charge in [0, 0.05) is 17.1 Å². The predicted octanol–water partition coefficient (Wildman–Crippen LogP) is 4.09. The van der Waals surface area contributed by atoms with Gasteiger partial charge in [-0.1, -0.05) is 0 Å². The summed E-state index contributed by atoms with van der Waals surface area (Å²) >= 11 is 0.829. The van der Waals surface area contributed by atoms with E-state index in [1.807, 2.05) is 51.1 Å². The van der Waals surface area contributed by atoms with Gasteiger partial charge in [0.25, 0.3) is 11.1 Å². The summed E-state index contributed by atoms with van der Waals surface area (Å²) in [5.41, 5.74) is 3.74. The predicted molar refractivity (Wildman–Crippen MR) is 116 cm³/mol. The van der Waals surface area contributed by atoms with Crippen LogP contribution in [0.4, 0.5) is 4.79 Å². The van der Waals surface area contributed by atoms with Gasteiger partial charge in [0.05, 0.1) is 18.1 Å². The number of benzene rings is 1. The van der Waals surface area contributed by atoms with E-state index in [1.165, 1.54) is 0 Å². The van der Waals surface area contributed by atoms with Crippen molar-refractivity contribution in [3.8, 4) is 11.4 Å². The van der Waals surface area contributed by atoms with Crippen molar-refractivity contribution >= 4 is 35.0 Å². The van der Waals surface area contributed by atoms with Gasteiger partial charge in [-0.15, -0.1) is 0 Å². The molecule has 0 unspecified atom stereocenters. The van der Waals surface area contributed by atoms with Crippen molar-refractivity contribution in [3.63, 3.8) is 0 Å². The second-order valence-electron chi connectivity index (χ2n) is 6.66. The Morgan fingerprint density at radius 3 is 2.43 bits per heavy atom. The first-order valence-electron chi connectivity index (χ1n) is 9.68. The third kappa shape index (κ3) is 4.43. The number of hydrogen-bond donors (Lipinski definition) is 0. The molecule has 8 heteroatoms. The first-order chi connectivity index (χ1) is 14.3. The zero-order valence-corrected chi connectivity index (χ0v) is 18.2. The van der Waals surface area contributed by atoms with Crippen LogP contribution in [0.25, 0.3) is 11.8 Å². The Morgan fingerprint density at radius 1 is 1.10 bits per heavy atom. The number of rotatable bonds is 7. The summed E-state index contributed by atoms with van der Waals surface area (Å²) in [7, 11) is 0. The summed E-state index contributed by atoms with van der Waals surface area (Å²) in [6.45, 7) is 7.98. The van der Waals surface area contributed by atoms with Gasteiger partial charge >= 0.3 is 5.97 Å². The minimum absolute atomic E-state index is 0.197. The van der Waals surface area contributed by atoms with Crippen molar-refractivity contribution in [3.05, 3.63) is 52.2 Å². The van der Waals surface area contributed by atoms with Crippen LogP contribution in [0.5, 0.6) is 5.75 Å². The molecule has 0 N–H and O–H groups in total. The number of hydrogen-bond acceptors (Lipinski definition) is 6. The molecule has 1 fully saturated rings. The Bertz CT molecular complexity index is 1010. The molecule has 0 spiro atoms. The highest BCUT2D eigenvalue weighted by Crippen LogP contribution is 2.33. The van der Waals surface area contributed by atoms with Gasteiger partial charge in [0.2, 0.25) is 0 Å². The number of thioether (sulfide) groups is 1. The van der Waals surface area contributed by atoms with Crippen LogP contribution >= 0.6 is 11.8 Å². The number of carbonyl (C=O) groups excluding carboxylic acids is 3. The average molecular weight is 429 g/mol. The highest BCUT2D eigenvalue weighted by Gasteiger charge is 2.36. The Kier molecular flexibility index (Phi) is 6.66. The molecule has 1 aromatic heterocycles. The van der Waals surface area contributed by atoms with Crippen LogP contribution in [0.3, 0.4) is 0 Å². The number of amides is 2. The molecule has 2 amide bonds. The number of aromatic nitrogens is 1. The van der Waals surface area contributed by atoms with E-state index in [0.29, 0.717) is 6.61 Å². The Morgan fingerprint density at radius 2 is 1.80 bits per heavy atom. The summed E-state index contributed by atoms with van der Waals surface area (Å²) in [5.74, 6) is -0.280. The highest BCUT2D eigenvalue weighted by molar-refractivity contribution is 8.18. The number of carbonyl (C=O) groups is 3. The molecular weight excluding hydrogens is 404 g/mol. The smallest absolute Gasteiger partial charge is 0.326 e. The van der Waals surface area contributed by atoms with Crippen LogP contribution < -0.4 is 4.74 Å². The van der Waals surface area contributed by atoms with E-state index in [2.05, 4.69) is 4.57 Å². The number of esters is 1. The number of ether oxygens (including phenoxy) is 2. The van der Waals surface area contributed by atoms with E-state index in [-0.39, 0.29) is 18.1 Å². The fraction of sp³-hybridized carbons (Fsp3) is 0.318. The standard InChI is InChI=1S/C22H24N2O5S/c1-5-28-18-9-7-17(8-10-18)24-14(3)11-16(15(24)4)12-19-21(26)23(22(27)30-19)13-20(25)29-6-2/h7-12H,5-6,13H2,1-4H3/b19-12-. The maximum atomic E-state index is 12.6. The average Bonchev–Trinajstić information content (AvgIpc) is 3.13. The van der Waals surface area contributed by atoms with Crippen LogP contribution in [0.1, 0.15) is 30.8 Å². The Balaban J connectivity index is 1.86. The van der Waals surface area contributed by atoms with Gasteiger partial charge in [-0.25, -0.2) is 0 Å². The summed E-state index contributed by atoms with van der Waals surface area (Å²) in [5, 5.41) is -0.473. The summed E-state index contributed by atoms with van der Waals surface area (Å²) in [6, 6.07) is 9.74. The molecule has 1 aromatic carbocycles. The van der Waals surface area contributed by atoms with Crippen LogP contribution in [0.15, 0.2) is 35.2 Å². The lowest BCUT2D eigenvalue weighted by molar-refractivity contribution is -0.145. The van der Waals surface area contributed by atoms with Gasteiger partial charge in [0.15, 0.2) is 0 Å². The van der Waals surface area contributed by atoms with E-state index in [0.717, 1.165) is 45.1 Å². The van der Waals surface area contributed by atoms with E-state index in [1.54, 1.807) is 13.0 Å². The third-order valence-electron chi connectivity index (χ3n) is 4.63. The first-order valence-corrected chi connectivity index (χ1v) is 10.5. The molecule has 158 valence electrons. The van der Waals surface area contributed by atoms with Crippen LogP contribution in [0.2, 0.25) is 0 Å². The van der Waals surface area contributed by atoms with E-state index >= 15 is 0 Å². The van der Waals surface area contributed by atoms with Crippen molar-refractivity contribution in [1.29, 1.82) is 0 Å². The Hall–Kier alpha value is -3.00. The van der Waals surface area contributed by atoms with Crippen LogP contribution in [0, 0.1) is 13.8 Å². The SMILES string of the molecule is CCOC(=O)CN1C(=O)S/C(=C\c2cc(C)n(-c3ccc(OCC)cc3)c2C)C1=O. The monoisotopic (exact) mass is 428 g/mol. The molecule has 0 saturated carbocycles.